The van der Waals surface area contributed by atoms with Crippen LogP contribution in [0.2, 0.25) is 0 Å². The molecular formula is C18H23N3. The van der Waals surface area contributed by atoms with E-state index in [0.29, 0.717) is 0 Å². The zero-order chi connectivity index (χ0) is 14.9. The minimum atomic E-state index is 0.0367. The second-order valence-corrected chi connectivity index (χ2v) is 6.03. The minimum Gasteiger partial charge on any atom is -0.316 e. The van der Waals surface area contributed by atoms with Gasteiger partial charge in [0.15, 0.2) is 0 Å². The summed E-state index contributed by atoms with van der Waals surface area (Å²) in [6.45, 7) is 5.03. The van der Waals surface area contributed by atoms with Crippen LogP contribution >= 0.6 is 0 Å². The van der Waals surface area contributed by atoms with Gasteiger partial charge in [-0.2, -0.15) is 0 Å². The fraction of sp³-hybridized carbons (Fsp3) is 0.444. The standard InChI is InChI=1S/C18H23N3/c1-13-16(12-19-3)14(2)21-17(20-13)18(10-7-11-18)15-8-5-4-6-9-15/h4-6,8-9,19H,7,10-12H2,1-3H3. The van der Waals surface area contributed by atoms with Crippen molar-refractivity contribution in [2.45, 2.75) is 45.1 Å². The van der Waals surface area contributed by atoms with E-state index < -0.39 is 0 Å². The monoisotopic (exact) mass is 281 g/mol. The average molecular weight is 281 g/mol. The summed E-state index contributed by atoms with van der Waals surface area (Å²) in [6, 6.07) is 10.7. The molecule has 1 aliphatic carbocycles. The maximum Gasteiger partial charge on any atom is 0.139 e. The van der Waals surface area contributed by atoms with E-state index in [1.54, 1.807) is 0 Å². The van der Waals surface area contributed by atoms with E-state index in [2.05, 4.69) is 49.5 Å². The van der Waals surface area contributed by atoms with Crippen molar-refractivity contribution in [2.24, 2.45) is 0 Å². The van der Waals surface area contributed by atoms with Crippen molar-refractivity contribution in [2.75, 3.05) is 7.05 Å². The molecular weight excluding hydrogens is 258 g/mol. The third-order valence-corrected chi connectivity index (χ3v) is 4.74. The van der Waals surface area contributed by atoms with Crippen molar-refractivity contribution in [1.82, 2.24) is 15.3 Å². The van der Waals surface area contributed by atoms with E-state index >= 15 is 0 Å². The minimum absolute atomic E-state index is 0.0367. The highest BCUT2D eigenvalue weighted by Crippen LogP contribution is 2.47. The molecule has 2 aromatic rings. The molecule has 3 nitrogen and oxygen atoms in total. The molecule has 1 saturated carbocycles. The summed E-state index contributed by atoms with van der Waals surface area (Å²) < 4.78 is 0. The molecule has 1 aromatic heterocycles. The maximum absolute atomic E-state index is 4.87. The molecule has 0 aliphatic heterocycles. The molecule has 0 unspecified atom stereocenters. The first-order chi connectivity index (χ1) is 10.2. The van der Waals surface area contributed by atoms with E-state index in [0.717, 1.165) is 36.6 Å². The van der Waals surface area contributed by atoms with Gasteiger partial charge in [-0.05, 0) is 39.3 Å². The Kier molecular flexibility index (Phi) is 3.77. The smallest absolute Gasteiger partial charge is 0.139 e. The summed E-state index contributed by atoms with van der Waals surface area (Å²) in [6.07, 6.45) is 3.57. The topological polar surface area (TPSA) is 37.8 Å². The molecule has 3 heteroatoms. The first kappa shape index (κ1) is 14.2. The predicted octanol–water partition coefficient (Wildman–Crippen LogP) is 3.28. The predicted molar refractivity (Wildman–Crippen MR) is 85.3 cm³/mol. The van der Waals surface area contributed by atoms with E-state index in [9.17, 15) is 0 Å². The van der Waals surface area contributed by atoms with Crippen molar-refractivity contribution in [1.29, 1.82) is 0 Å². The number of rotatable bonds is 4. The molecule has 110 valence electrons. The fourth-order valence-electron chi connectivity index (χ4n) is 3.31. The van der Waals surface area contributed by atoms with Crippen LogP contribution in [0.3, 0.4) is 0 Å². The number of nitrogens with zero attached hydrogens (tertiary/aromatic N) is 2. The van der Waals surface area contributed by atoms with Gasteiger partial charge in [0.05, 0.1) is 5.41 Å². The highest BCUT2D eigenvalue weighted by atomic mass is 14.9. The van der Waals surface area contributed by atoms with Crippen molar-refractivity contribution in [3.8, 4) is 0 Å². The summed E-state index contributed by atoms with van der Waals surface area (Å²) in [5, 5.41) is 3.20. The quantitative estimate of drug-likeness (QED) is 0.934. The van der Waals surface area contributed by atoms with Gasteiger partial charge in [-0.25, -0.2) is 9.97 Å². The molecule has 1 aromatic carbocycles. The number of benzene rings is 1. The molecule has 1 aliphatic rings. The van der Waals surface area contributed by atoms with Crippen LogP contribution in [0.1, 0.15) is 47.6 Å². The van der Waals surface area contributed by atoms with Gasteiger partial charge in [-0.15, -0.1) is 0 Å². The lowest BCUT2D eigenvalue weighted by Crippen LogP contribution is -2.38. The Morgan fingerprint density at radius 2 is 1.67 bits per heavy atom. The van der Waals surface area contributed by atoms with Gasteiger partial charge in [0, 0.05) is 23.5 Å². The van der Waals surface area contributed by atoms with Crippen LogP contribution < -0.4 is 5.32 Å². The first-order valence-electron chi connectivity index (χ1n) is 7.72. The highest BCUT2D eigenvalue weighted by Gasteiger charge is 2.43. The van der Waals surface area contributed by atoms with E-state index in [1.165, 1.54) is 17.5 Å². The molecule has 0 atom stereocenters. The van der Waals surface area contributed by atoms with Gasteiger partial charge in [-0.1, -0.05) is 36.8 Å². The van der Waals surface area contributed by atoms with Crippen molar-refractivity contribution < 1.29 is 0 Å². The SMILES string of the molecule is CNCc1c(C)nc(C2(c3ccccc3)CCC2)nc1C. The number of hydrogen-bond donors (Lipinski definition) is 1. The lowest BCUT2D eigenvalue weighted by Gasteiger charge is -2.41. The molecule has 21 heavy (non-hydrogen) atoms. The second-order valence-electron chi connectivity index (χ2n) is 6.03. The summed E-state index contributed by atoms with van der Waals surface area (Å²) in [5.41, 5.74) is 4.83. The molecule has 0 amide bonds. The molecule has 0 saturated heterocycles. The summed E-state index contributed by atoms with van der Waals surface area (Å²) >= 11 is 0. The third kappa shape index (κ3) is 2.36. The van der Waals surface area contributed by atoms with Crippen molar-refractivity contribution in [3.05, 3.63) is 58.7 Å². The Balaban J connectivity index is 2.07. The molecule has 0 spiro atoms. The van der Waals surface area contributed by atoms with Gasteiger partial charge in [0.25, 0.3) is 0 Å². The van der Waals surface area contributed by atoms with Gasteiger partial charge >= 0.3 is 0 Å². The zero-order valence-corrected chi connectivity index (χ0v) is 13.1. The lowest BCUT2D eigenvalue weighted by atomic mass is 9.63. The normalized spacial score (nSPS) is 16.5. The molecule has 1 fully saturated rings. The highest BCUT2D eigenvalue weighted by molar-refractivity contribution is 5.37. The molecule has 1 N–H and O–H groups in total. The molecule has 0 radical (unpaired) electrons. The van der Waals surface area contributed by atoms with E-state index in [1.807, 2.05) is 7.05 Å². The van der Waals surface area contributed by atoms with Gasteiger partial charge in [0.2, 0.25) is 0 Å². The summed E-state index contributed by atoms with van der Waals surface area (Å²) in [7, 11) is 1.96. The van der Waals surface area contributed by atoms with Crippen LogP contribution in [-0.2, 0) is 12.0 Å². The molecule has 1 heterocycles. The van der Waals surface area contributed by atoms with Gasteiger partial charge in [-0.3, -0.25) is 0 Å². The summed E-state index contributed by atoms with van der Waals surface area (Å²) in [4.78, 5) is 9.74. The van der Waals surface area contributed by atoms with Crippen LogP contribution in [0, 0.1) is 13.8 Å². The fourth-order valence-corrected chi connectivity index (χ4v) is 3.31. The lowest BCUT2D eigenvalue weighted by molar-refractivity contribution is 0.284. The third-order valence-electron chi connectivity index (χ3n) is 4.74. The van der Waals surface area contributed by atoms with E-state index in [-0.39, 0.29) is 5.41 Å². The van der Waals surface area contributed by atoms with Crippen LogP contribution in [0.15, 0.2) is 30.3 Å². The van der Waals surface area contributed by atoms with Crippen molar-refractivity contribution in [3.63, 3.8) is 0 Å². The Labute approximate surface area is 126 Å². The maximum atomic E-state index is 4.87. The second kappa shape index (κ2) is 5.57. The number of hydrogen-bond acceptors (Lipinski definition) is 3. The molecule has 3 rings (SSSR count). The Hall–Kier alpha value is -1.74. The summed E-state index contributed by atoms with van der Waals surface area (Å²) in [5.74, 6) is 1.01. The largest absolute Gasteiger partial charge is 0.316 e. The zero-order valence-electron chi connectivity index (χ0n) is 13.1. The van der Waals surface area contributed by atoms with Crippen molar-refractivity contribution >= 4 is 0 Å². The number of aromatic nitrogens is 2. The van der Waals surface area contributed by atoms with Crippen LogP contribution in [0.4, 0.5) is 0 Å². The number of aryl methyl sites for hydroxylation is 2. The van der Waals surface area contributed by atoms with Crippen LogP contribution in [-0.4, -0.2) is 17.0 Å². The van der Waals surface area contributed by atoms with Crippen LogP contribution in [0.5, 0.6) is 0 Å². The first-order valence-corrected chi connectivity index (χ1v) is 7.72. The average Bonchev–Trinajstić information content (AvgIpc) is 2.43. The van der Waals surface area contributed by atoms with E-state index in [4.69, 9.17) is 9.97 Å². The molecule has 0 bridgehead atoms. The van der Waals surface area contributed by atoms with Gasteiger partial charge < -0.3 is 5.32 Å². The van der Waals surface area contributed by atoms with Gasteiger partial charge in [0.1, 0.15) is 5.82 Å². The van der Waals surface area contributed by atoms with Crippen LogP contribution in [0.25, 0.3) is 0 Å². The number of nitrogens with one attached hydrogen (secondary N) is 1. The Morgan fingerprint density at radius 1 is 1.05 bits per heavy atom. The Morgan fingerprint density at radius 3 is 2.14 bits per heavy atom. The Bertz CT molecular complexity index is 607.